The average Bonchev–Trinajstić information content (AvgIpc) is 1.59. The van der Waals surface area contributed by atoms with Gasteiger partial charge in [-0.1, -0.05) is 27.7 Å². The van der Waals surface area contributed by atoms with E-state index in [4.69, 9.17) is 0 Å². The highest BCUT2D eigenvalue weighted by Crippen LogP contribution is 2.08. The first-order valence-corrected chi connectivity index (χ1v) is 4.63. The summed E-state index contributed by atoms with van der Waals surface area (Å²) in [6.45, 7) is 7.18. The van der Waals surface area contributed by atoms with Gasteiger partial charge in [-0.25, -0.2) is 8.22 Å². The van der Waals surface area contributed by atoms with Gasteiger partial charge in [0.15, 0.2) is 0 Å². The van der Waals surface area contributed by atoms with Crippen LogP contribution in [0, 0.1) is 0 Å². The Hall–Kier alpha value is 0.0369. The number of hydrogen-bond donors (Lipinski definition) is 0. The van der Waals surface area contributed by atoms with Gasteiger partial charge in [0, 0.05) is 12.1 Å². The summed E-state index contributed by atoms with van der Waals surface area (Å²) in [7, 11) is -3.24. The van der Waals surface area contributed by atoms with E-state index >= 15 is 0 Å². The third-order valence-electron chi connectivity index (χ3n) is 1.31. The Morgan fingerprint density at radius 3 is 1.30 bits per heavy atom. The topological polar surface area (TPSA) is 3.24 Å². The summed E-state index contributed by atoms with van der Waals surface area (Å²) in [5.74, 6) is 0. The van der Waals surface area contributed by atoms with Crippen LogP contribution in [0.2, 0.25) is 0 Å². The molecule has 1 nitrogen and oxygen atoms in total. The van der Waals surface area contributed by atoms with Gasteiger partial charge in [-0.15, -0.1) is 0 Å². The molecule has 0 rings (SSSR count). The molecule has 1 radical (unpaired) electrons. The molecule has 0 aliphatic heterocycles. The largest absolute Gasteiger partial charge is 0.574 e. The first-order chi connectivity index (χ1) is 4.46. The molecule has 0 aliphatic rings. The first kappa shape index (κ1) is 10.0. The summed E-state index contributed by atoms with van der Waals surface area (Å²) in [6, 6.07) is -0.0761. The van der Waals surface area contributed by atoms with Crippen molar-refractivity contribution >= 4 is 9.63 Å². The van der Waals surface area contributed by atoms with Crippen LogP contribution < -0.4 is 0 Å². The minimum absolute atomic E-state index is 0.0381. The lowest BCUT2D eigenvalue weighted by Crippen LogP contribution is -2.43. The molecule has 0 aromatic rings. The van der Waals surface area contributed by atoms with Gasteiger partial charge in [-0.05, 0) is 0 Å². The zero-order valence-electron chi connectivity index (χ0n) is 6.86. The molecule has 61 valence electrons. The summed E-state index contributed by atoms with van der Waals surface area (Å²) in [5, 5.41) is 0. The highest BCUT2D eigenvalue weighted by molar-refractivity contribution is 6.39. The van der Waals surface area contributed by atoms with Gasteiger partial charge in [0.1, 0.15) is 0 Å². The minimum Gasteiger partial charge on any atom is -0.267 e. The molecular formula is C6H14F2NSi. The molecule has 0 bridgehead atoms. The third-order valence-corrected chi connectivity index (χ3v) is 2.73. The summed E-state index contributed by atoms with van der Waals surface area (Å²) in [4.78, 5) is 0. The molecule has 0 aromatic heterocycles. The second-order valence-electron chi connectivity index (χ2n) is 2.84. The van der Waals surface area contributed by atoms with E-state index in [0.29, 0.717) is 0 Å². The van der Waals surface area contributed by atoms with Gasteiger partial charge in [0.25, 0.3) is 0 Å². The van der Waals surface area contributed by atoms with Crippen LogP contribution in [0.3, 0.4) is 0 Å². The molecule has 0 unspecified atom stereocenters. The zero-order valence-corrected chi connectivity index (χ0v) is 7.86. The third kappa shape index (κ3) is 2.75. The van der Waals surface area contributed by atoms with Gasteiger partial charge in [-0.3, -0.25) is 4.57 Å². The van der Waals surface area contributed by atoms with Crippen LogP contribution in [0.25, 0.3) is 0 Å². The molecule has 0 amide bonds. The Balaban J connectivity index is 3.98. The molecule has 0 atom stereocenters. The van der Waals surface area contributed by atoms with Crippen molar-refractivity contribution in [2.75, 3.05) is 0 Å². The molecule has 0 heterocycles. The predicted molar refractivity (Wildman–Crippen MR) is 40.1 cm³/mol. The lowest BCUT2D eigenvalue weighted by atomic mass is 10.3. The summed E-state index contributed by atoms with van der Waals surface area (Å²) < 4.78 is 25.7. The van der Waals surface area contributed by atoms with Crippen LogP contribution in [0.5, 0.6) is 0 Å². The SMILES string of the molecule is CC(C)N(C(C)C)[Si](F)F. The summed E-state index contributed by atoms with van der Waals surface area (Å²) in [5.41, 5.74) is 0. The van der Waals surface area contributed by atoms with Crippen molar-refractivity contribution in [3.63, 3.8) is 0 Å². The minimum atomic E-state index is -3.24. The highest BCUT2D eigenvalue weighted by Gasteiger charge is 2.27. The Morgan fingerprint density at radius 1 is 1.00 bits per heavy atom. The Labute approximate surface area is 63.1 Å². The van der Waals surface area contributed by atoms with E-state index in [-0.39, 0.29) is 12.1 Å². The number of nitrogens with zero attached hydrogens (tertiary/aromatic N) is 1. The fraction of sp³-hybridized carbons (Fsp3) is 1.00. The monoisotopic (exact) mass is 166 g/mol. The Bertz CT molecular complexity index is 76.7. The lowest BCUT2D eigenvalue weighted by Gasteiger charge is -2.27. The fourth-order valence-electron chi connectivity index (χ4n) is 0.987. The second-order valence-corrected chi connectivity index (χ2v) is 3.83. The highest BCUT2D eigenvalue weighted by atomic mass is 28.4. The summed E-state index contributed by atoms with van der Waals surface area (Å²) in [6.07, 6.45) is 0. The molecule has 0 fully saturated rings. The van der Waals surface area contributed by atoms with E-state index in [1.54, 1.807) is 27.7 Å². The van der Waals surface area contributed by atoms with E-state index in [0.717, 1.165) is 0 Å². The van der Waals surface area contributed by atoms with Crippen LogP contribution in [0.1, 0.15) is 27.7 Å². The molecule has 0 saturated carbocycles. The Kier molecular flexibility index (Phi) is 4.04. The molecule has 0 spiro atoms. The lowest BCUT2D eigenvalue weighted by molar-refractivity contribution is 0.259. The zero-order chi connectivity index (χ0) is 8.31. The molecule has 0 aliphatic carbocycles. The number of rotatable bonds is 3. The number of halogens is 2. The maximum atomic E-state index is 12.2. The van der Waals surface area contributed by atoms with Crippen LogP contribution in [0.4, 0.5) is 8.22 Å². The van der Waals surface area contributed by atoms with Crippen LogP contribution in [0.15, 0.2) is 0 Å². The van der Waals surface area contributed by atoms with Crippen LogP contribution in [-0.4, -0.2) is 26.3 Å². The maximum Gasteiger partial charge on any atom is 0.574 e. The fourth-order valence-corrected chi connectivity index (χ4v) is 1.77. The van der Waals surface area contributed by atoms with Crippen molar-refractivity contribution in [2.24, 2.45) is 0 Å². The van der Waals surface area contributed by atoms with E-state index in [9.17, 15) is 8.22 Å². The smallest absolute Gasteiger partial charge is 0.267 e. The number of hydrogen-bond acceptors (Lipinski definition) is 1. The summed E-state index contributed by atoms with van der Waals surface area (Å²) >= 11 is 0. The predicted octanol–water partition coefficient (Wildman–Crippen LogP) is 2.03. The van der Waals surface area contributed by atoms with Crippen molar-refractivity contribution in [2.45, 2.75) is 39.8 Å². The molecular weight excluding hydrogens is 152 g/mol. The van der Waals surface area contributed by atoms with Crippen molar-refractivity contribution in [3.8, 4) is 0 Å². The van der Waals surface area contributed by atoms with Crippen molar-refractivity contribution in [1.29, 1.82) is 0 Å². The van der Waals surface area contributed by atoms with Gasteiger partial charge in [-0.2, -0.15) is 0 Å². The van der Waals surface area contributed by atoms with E-state index in [1.807, 2.05) is 0 Å². The normalized spacial score (nSPS) is 12.6. The second kappa shape index (κ2) is 4.03. The van der Waals surface area contributed by atoms with Crippen molar-refractivity contribution in [1.82, 2.24) is 4.57 Å². The standard InChI is InChI=1S/C6H14F2NSi/c1-5(2)9(6(3)4)10(7)8/h5-6H,1-4H3. The quantitative estimate of drug-likeness (QED) is 0.458. The van der Waals surface area contributed by atoms with E-state index < -0.39 is 9.63 Å². The molecule has 0 saturated heterocycles. The van der Waals surface area contributed by atoms with Crippen LogP contribution in [-0.2, 0) is 0 Å². The van der Waals surface area contributed by atoms with Crippen molar-refractivity contribution in [3.05, 3.63) is 0 Å². The Morgan fingerprint density at radius 2 is 1.30 bits per heavy atom. The molecule has 10 heavy (non-hydrogen) atoms. The molecule has 4 heteroatoms. The average molecular weight is 166 g/mol. The van der Waals surface area contributed by atoms with Gasteiger partial charge < -0.3 is 0 Å². The first-order valence-electron chi connectivity index (χ1n) is 3.43. The van der Waals surface area contributed by atoms with E-state index in [1.165, 1.54) is 4.57 Å². The van der Waals surface area contributed by atoms with Gasteiger partial charge >= 0.3 is 9.63 Å². The van der Waals surface area contributed by atoms with Gasteiger partial charge in [0.2, 0.25) is 0 Å². The van der Waals surface area contributed by atoms with Gasteiger partial charge in [0.05, 0.1) is 0 Å². The molecule has 0 aromatic carbocycles. The maximum absolute atomic E-state index is 12.2. The molecule has 0 N–H and O–H groups in total. The van der Waals surface area contributed by atoms with E-state index in [2.05, 4.69) is 0 Å². The van der Waals surface area contributed by atoms with Crippen molar-refractivity contribution < 1.29 is 8.22 Å². The van der Waals surface area contributed by atoms with Crippen LogP contribution >= 0.6 is 0 Å².